The number of hydrogen-bond acceptors (Lipinski definition) is 4. The van der Waals surface area contributed by atoms with Gasteiger partial charge in [0, 0.05) is 11.6 Å². The van der Waals surface area contributed by atoms with Crippen LogP contribution in [0, 0.1) is 5.92 Å². The number of hydrogen-bond donors (Lipinski definition) is 1. The number of carbonyl (C=O) groups excluding carboxylic acids is 1. The van der Waals surface area contributed by atoms with Gasteiger partial charge in [0.05, 0.1) is 17.4 Å². The molecule has 0 heterocycles. The summed E-state index contributed by atoms with van der Waals surface area (Å²) < 4.78 is 32.0. The van der Waals surface area contributed by atoms with Gasteiger partial charge in [0.25, 0.3) is 0 Å². The molecule has 0 aromatic heterocycles. The van der Waals surface area contributed by atoms with Crippen LogP contribution in [0.3, 0.4) is 0 Å². The maximum Gasteiger partial charge on any atom is 0.337 e. The zero-order chi connectivity index (χ0) is 18.4. The molecule has 0 aliphatic heterocycles. The minimum Gasteiger partial charge on any atom is -0.465 e. The molecule has 0 fully saturated rings. The van der Waals surface area contributed by atoms with Gasteiger partial charge in [-0.3, -0.25) is 4.72 Å². The van der Waals surface area contributed by atoms with Gasteiger partial charge in [-0.1, -0.05) is 6.07 Å². The molecule has 1 atom stereocenters. The van der Waals surface area contributed by atoms with Crippen molar-refractivity contribution in [3.63, 3.8) is 0 Å². The molecular formula is C19H25NO4S. The normalized spacial score (nSPS) is 20.1. The Kier molecular flexibility index (Phi) is 4.43. The van der Waals surface area contributed by atoms with E-state index in [4.69, 9.17) is 4.74 Å². The van der Waals surface area contributed by atoms with Crippen LogP contribution in [0.4, 0.5) is 0 Å². The first-order valence-corrected chi connectivity index (χ1v) is 10.0. The summed E-state index contributed by atoms with van der Waals surface area (Å²) in [4.78, 5) is 11.8. The molecule has 136 valence electrons. The molecule has 1 aromatic rings. The fourth-order valence-corrected chi connectivity index (χ4v) is 4.39. The topological polar surface area (TPSA) is 72.5 Å². The van der Waals surface area contributed by atoms with Crippen molar-refractivity contribution in [1.82, 2.24) is 4.72 Å². The molecule has 25 heavy (non-hydrogen) atoms. The number of esters is 1. The third-order valence-electron chi connectivity index (χ3n) is 5.13. The minimum absolute atomic E-state index is 0.192. The molecule has 1 aromatic carbocycles. The van der Waals surface area contributed by atoms with E-state index in [9.17, 15) is 13.2 Å². The van der Waals surface area contributed by atoms with Gasteiger partial charge in [0.1, 0.15) is 0 Å². The zero-order valence-corrected chi connectivity index (χ0v) is 16.0. The van der Waals surface area contributed by atoms with E-state index in [1.165, 1.54) is 12.7 Å². The summed E-state index contributed by atoms with van der Waals surface area (Å²) in [6.07, 6.45) is 3.34. The number of fused-ring (bicyclic) bond motifs is 2. The maximum atomic E-state index is 12.6. The molecule has 0 spiro atoms. The van der Waals surface area contributed by atoms with Crippen molar-refractivity contribution < 1.29 is 17.9 Å². The molecule has 0 saturated carbocycles. The van der Waals surface area contributed by atoms with Crippen LogP contribution in [0.25, 0.3) is 0 Å². The number of rotatable bonds is 3. The van der Waals surface area contributed by atoms with Crippen LogP contribution in [0.15, 0.2) is 29.5 Å². The fraction of sp³-hybridized carbons (Fsp3) is 0.526. The van der Waals surface area contributed by atoms with Gasteiger partial charge in [-0.05, 0) is 75.3 Å². The monoisotopic (exact) mass is 363 g/mol. The highest BCUT2D eigenvalue weighted by atomic mass is 32.2. The maximum absolute atomic E-state index is 12.6. The highest BCUT2D eigenvalue weighted by Gasteiger charge is 2.36. The lowest BCUT2D eigenvalue weighted by atomic mass is 9.91. The first kappa shape index (κ1) is 18.0. The predicted octanol–water partition coefficient (Wildman–Crippen LogP) is 2.95. The van der Waals surface area contributed by atoms with Gasteiger partial charge in [0.15, 0.2) is 0 Å². The van der Waals surface area contributed by atoms with E-state index in [0.717, 1.165) is 36.1 Å². The molecular weight excluding hydrogens is 338 g/mol. The summed E-state index contributed by atoms with van der Waals surface area (Å²) in [5.74, 6) is -0.155. The second-order valence-electron chi connectivity index (χ2n) is 7.83. The third kappa shape index (κ3) is 3.32. The third-order valence-corrected chi connectivity index (χ3v) is 7.23. The van der Waals surface area contributed by atoms with Crippen LogP contribution >= 0.6 is 0 Å². The fourth-order valence-electron chi connectivity index (χ4n) is 3.49. The number of methoxy groups -OCH3 is 1. The van der Waals surface area contributed by atoms with E-state index in [0.29, 0.717) is 12.0 Å². The van der Waals surface area contributed by atoms with E-state index >= 15 is 0 Å². The average Bonchev–Trinajstić information content (AvgIpc) is 2.79. The Hall–Kier alpha value is -1.82. The van der Waals surface area contributed by atoms with E-state index in [1.807, 2.05) is 12.1 Å². The molecule has 2 bridgehead atoms. The average molecular weight is 363 g/mol. The van der Waals surface area contributed by atoms with Crippen molar-refractivity contribution in [2.24, 2.45) is 5.92 Å². The Morgan fingerprint density at radius 2 is 1.96 bits per heavy atom. The zero-order valence-electron chi connectivity index (χ0n) is 15.2. The van der Waals surface area contributed by atoms with Crippen molar-refractivity contribution >= 4 is 16.0 Å². The lowest BCUT2D eigenvalue weighted by molar-refractivity contribution is 0.0600. The second kappa shape index (κ2) is 6.16. The molecule has 2 aliphatic carbocycles. The molecule has 1 N–H and O–H groups in total. The minimum atomic E-state index is -3.43. The first-order chi connectivity index (χ1) is 11.6. The van der Waals surface area contributed by atoms with Gasteiger partial charge >= 0.3 is 5.97 Å². The van der Waals surface area contributed by atoms with Gasteiger partial charge in [-0.25, -0.2) is 13.2 Å². The quantitative estimate of drug-likeness (QED) is 0.838. The molecule has 0 radical (unpaired) electrons. The van der Waals surface area contributed by atoms with Crippen LogP contribution in [-0.2, 0) is 27.6 Å². The number of sulfonamides is 1. The largest absolute Gasteiger partial charge is 0.465 e. The standard InChI is InChI=1S/C19H25NO4S/c1-19(2,3)25(22,23)20-17-13-6-7-14(17)10-16-11-15(18(21)24-4)8-5-12(16)9-13/h5,8,11,13,20H,6-7,9-10H2,1-4H3. The predicted molar refractivity (Wildman–Crippen MR) is 96.7 cm³/mol. The van der Waals surface area contributed by atoms with Gasteiger partial charge in [-0.15, -0.1) is 0 Å². The molecule has 5 nitrogen and oxygen atoms in total. The SMILES string of the molecule is COC(=O)c1ccc2c(c1)CC1=C(NS(=O)(=O)C(C)(C)C)C(CC1)C2. The lowest BCUT2D eigenvalue weighted by Gasteiger charge is -2.24. The smallest absolute Gasteiger partial charge is 0.337 e. The Bertz CT molecular complexity index is 847. The van der Waals surface area contributed by atoms with Crippen LogP contribution in [0.1, 0.15) is 55.1 Å². The molecule has 0 amide bonds. The summed E-state index contributed by atoms with van der Waals surface area (Å²) in [6, 6.07) is 5.64. The van der Waals surface area contributed by atoms with Crippen molar-refractivity contribution in [1.29, 1.82) is 0 Å². The van der Waals surface area contributed by atoms with E-state index in [1.54, 1.807) is 26.8 Å². The van der Waals surface area contributed by atoms with Crippen molar-refractivity contribution in [2.75, 3.05) is 7.11 Å². The summed E-state index contributed by atoms with van der Waals surface area (Å²) in [7, 11) is -2.06. The summed E-state index contributed by atoms with van der Waals surface area (Å²) >= 11 is 0. The van der Waals surface area contributed by atoms with Gasteiger partial charge in [-0.2, -0.15) is 0 Å². The van der Waals surface area contributed by atoms with E-state index in [2.05, 4.69) is 4.72 Å². The molecule has 0 saturated heterocycles. The summed E-state index contributed by atoms with van der Waals surface area (Å²) in [5, 5.41) is 0. The summed E-state index contributed by atoms with van der Waals surface area (Å²) in [6.45, 7) is 5.11. The number of allylic oxidation sites excluding steroid dienone is 2. The van der Waals surface area contributed by atoms with Crippen LogP contribution in [0.2, 0.25) is 0 Å². The molecule has 1 unspecified atom stereocenters. The van der Waals surface area contributed by atoms with Crippen LogP contribution < -0.4 is 4.72 Å². The highest BCUT2D eigenvalue weighted by molar-refractivity contribution is 7.90. The molecule has 3 rings (SSSR count). The Morgan fingerprint density at radius 1 is 1.24 bits per heavy atom. The number of carbonyl (C=O) groups is 1. The van der Waals surface area contributed by atoms with Gasteiger partial charge < -0.3 is 4.74 Å². The summed E-state index contributed by atoms with van der Waals surface area (Å²) in [5.41, 5.74) is 4.81. The highest BCUT2D eigenvalue weighted by Crippen LogP contribution is 2.40. The van der Waals surface area contributed by atoms with E-state index in [-0.39, 0.29) is 11.9 Å². The second-order valence-corrected chi connectivity index (χ2v) is 10.3. The first-order valence-electron chi connectivity index (χ1n) is 8.57. The van der Waals surface area contributed by atoms with E-state index < -0.39 is 14.8 Å². The van der Waals surface area contributed by atoms with Crippen molar-refractivity contribution in [3.8, 4) is 0 Å². The van der Waals surface area contributed by atoms with Crippen molar-refractivity contribution in [3.05, 3.63) is 46.2 Å². The Morgan fingerprint density at radius 3 is 2.60 bits per heavy atom. The number of benzene rings is 1. The number of ether oxygens (including phenoxy) is 1. The van der Waals surface area contributed by atoms with Crippen molar-refractivity contribution in [2.45, 2.75) is 51.2 Å². The number of nitrogens with one attached hydrogen (secondary N) is 1. The molecule has 2 aliphatic rings. The van der Waals surface area contributed by atoms with Crippen LogP contribution in [0.5, 0.6) is 0 Å². The lowest BCUT2D eigenvalue weighted by Crippen LogP contribution is -2.40. The Labute approximate surface area is 149 Å². The molecule has 6 heteroatoms. The van der Waals surface area contributed by atoms with Crippen LogP contribution in [-0.4, -0.2) is 26.2 Å². The Balaban J connectivity index is 1.95. The van der Waals surface area contributed by atoms with Gasteiger partial charge in [0.2, 0.25) is 10.0 Å².